The standard InChI is InChI=1S/C23H29N7O5/c1-14(21(25)31)10-15-4-5-19(29-20(15)22-34-8-9-35-22)30(2)23(32)28-18-11-17(26-6-7-33-3)16(12-24)13-27-18/h4-5,11,13-14,22H,6-10H2,1-3H3,(H2,25,31)(H2,26,27,28,32). The zero-order chi connectivity index (χ0) is 25.4. The number of nitrogens with one attached hydrogen (secondary N) is 2. The van der Waals surface area contributed by atoms with Crippen molar-refractivity contribution in [1.82, 2.24) is 9.97 Å². The molecule has 2 aromatic heterocycles. The number of nitriles is 1. The number of hydrogen-bond donors (Lipinski definition) is 3. The first kappa shape index (κ1) is 25.8. The molecule has 1 saturated heterocycles. The van der Waals surface area contributed by atoms with Gasteiger partial charge in [-0.3, -0.25) is 15.0 Å². The van der Waals surface area contributed by atoms with Crippen LogP contribution >= 0.6 is 0 Å². The van der Waals surface area contributed by atoms with Gasteiger partial charge >= 0.3 is 6.03 Å². The summed E-state index contributed by atoms with van der Waals surface area (Å²) in [6, 6.07) is 6.60. The molecule has 0 bridgehead atoms. The number of carbonyl (C=O) groups is 2. The number of anilines is 3. The largest absolute Gasteiger partial charge is 0.383 e. The van der Waals surface area contributed by atoms with E-state index in [1.165, 1.54) is 11.1 Å². The molecular formula is C23H29N7O5. The van der Waals surface area contributed by atoms with Gasteiger partial charge in [0, 0.05) is 38.9 Å². The average Bonchev–Trinajstić information content (AvgIpc) is 3.39. The summed E-state index contributed by atoms with van der Waals surface area (Å²) in [6.45, 7) is 3.51. The Kier molecular flexibility index (Phi) is 8.91. The minimum absolute atomic E-state index is 0.260. The molecule has 0 saturated carbocycles. The number of urea groups is 1. The second kappa shape index (κ2) is 12.1. The number of carbonyl (C=O) groups excluding carboxylic acids is 2. The van der Waals surface area contributed by atoms with Crippen molar-refractivity contribution >= 4 is 29.3 Å². The van der Waals surface area contributed by atoms with Gasteiger partial charge in [-0.2, -0.15) is 5.26 Å². The first-order valence-electron chi connectivity index (χ1n) is 11.0. The van der Waals surface area contributed by atoms with Crippen LogP contribution in [0.2, 0.25) is 0 Å². The van der Waals surface area contributed by atoms with Crippen LogP contribution in [0.5, 0.6) is 0 Å². The van der Waals surface area contributed by atoms with Crippen molar-refractivity contribution in [1.29, 1.82) is 5.26 Å². The van der Waals surface area contributed by atoms with Crippen molar-refractivity contribution in [3.8, 4) is 6.07 Å². The molecule has 3 rings (SSSR count). The molecule has 0 aromatic carbocycles. The highest BCUT2D eigenvalue weighted by Gasteiger charge is 2.26. The molecular weight excluding hydrogens is 454 g/mol. The Morgan fingerprint density at radius 3 is 2.77 bits per heavy atom. The fraction of sp³-hybridized carbons (Fsp3) is 0.435. The van der Waals surface area contributed by atoms with E-state index in [0.29, 0.717) is 55.5 Å². The summed E-state index contributed by atoms with van der Waals surface area (Å²) >= 11 is 0. The Hall–Kier alpha value is -3.79. The number of hydrogen-bond acceptors (Lipinski definition) is 9. The lowest BCUT2D eigenvalue weighted by Crippen LogP contribution is -2.32. The minimum atomic E-state index is -0.692. The van der Waals surface area contributed by atoms with Crippen LogP contribution in [0.1, 0.15) is 30.0 Å². The van der Waals surface area contributed by atoms with Crippen molar-refractivity contribution in [2.75, 3.05) is 56.1 Å². The molecule has 3 amide bonds. The monoisotopic (exact) mass is 483 g/mol. The van der Waals surface area contributed by atoms with E-state index in [1.54, 1.807) is 39.3 Å². The zero-order valence-corrected chi connectivity index (χ0v) is 19.9. The molecule has 1 atom stereocenters. The quantitative estimate of drug-likeness (QED) is 0.427. The molecule has 12 nitrogen and oxygen atoms in total. The molecule has 1 aliphatic heterocycles. The molecule has 12 heteroatoms. The topological polar surface area (TPSA) is 165 Å². The van der Waals surface area contributed by atoms with E-state index in [0.717, 1.165) is 5.56 Å². The van der Waals surface area contributed by atoms with Gasteiger partial charge in [-0.15, -0.1) is 0 Å². The Morgan fingerprint density at radius 2 is 2.11 bits per heavy atom. The maximum atomic E-state index is 12.9. The van der Waals surface area contributed by atoms with Gasteiger partial charge in [-0.1, -0.05) is 13.0 Å². The predicted octanol–water partition coefficient (Wildman–Crippen LogP) is 1.78. The molecule has 3 heterocycles. The molecule has 2 aromatic rings. The Balaban J connectivity index is 1.79. The number of pyridine rings is 2. The second-order valence-corrected chi connectivity index (χ2v) is 7.93. The highest BCUT2D eigenvalue weighted by molar-refractivity contribution is 6.00. The first-order chi connectivity index (χ1) is 16.8. The number of methoxy groups -OCH3 is 1. The number of rotatable bonds is 10. The van der Waals surface area contributed by atoms with E-state index >= 15 is 0 Å². The van der Waals surface area contributed by atoms with Crippen LogP contribution in [-0.2, 0) is 25.4 Å². The van der Waals surface area contributed by atoms with Crippen molar-refractivity contribution in [2.45, 2.75) is 19.6 Å². The number of nitrogens with two attached hydrogens (primary N) is 1. The number of ether oxygens (including phenoxy) is 3. The lowest BCUT2D eigenvalue weighted by molar-refractivity contribution is -0.121. The molecule has 1 fully saturated rings. The molecule has 1 aliphatic rings. The lowest BCUT2D eigenvalue weighted by atomic mass is 9.99. The van der Waals surface area contributed by atoms with Gasteiger partial charge < -0.3 is 25.3 Å². The fourth-order valence-corrected chi connectivity index (χ4v) is 3.35. The maximum Gasteiger partial charge on any atom is 0.328 e. The fourth-order valence-electron chi connectivity index (χ4n) is 3.35. The van der Waals surface area contributed by atoms with Crippen LogP contribution < -0.4 is 21.3 Å². The summed E-state index contributed by atoms with van der Waals surface area (Å²) in [6.07, 6.45) is 1.05. The van der Waals surface area contributed by atoms with Gasteiger partial charge in [-0.05, 0) is 18.1 Å². The summed E-state index contributed by atoms with van der Waals surface area (Å²) in [5.41, 5.74) is 7.54. The summed E-state index contributed by atoms with van der Waals surface area (Å²) < 4.78 is 16.2. The maximum absolute atomic E-state index is 12.9. The summed E-state index contributed by atoms with van der Waals surface area (Å²) in [5.74, 6) is -0.219. The molecule has 0 aliphatic carbocycles. The number of nitrogens with zero attached hydrogens (tertiary/aromatic N) is 4. The zero-order valence-electron chi connectivity index (χ0n) is 19.9. The van der Waals surface area contributed by atoms with E-state index in [1.807, 2.05) is 0 Å². The van der Waals surface area contributed by atoms with Gasteiger partial charge in [0.2, 0.25) is 12.2 Å². The predicted molar refractivity (Wildman–Crippen MR) is 128 cm³/mol. The molecule has 1 unspecified atom stereocenters. The van der Waals surface area contributed by atoms with Gasteiger partial charge in [0.15, 0.2) is 0 Å². The van der Waals surface area contributed by atoms with Crippen molar-refractivity contribution < 1.29 is 23.8 Å². The Labute approximate surface area is 203 Å². The van der Waals surface area contributed by atoms with E-state index in [4.69, 9.17) is 19.9 Å². The third-order valence-electron chi connectivity index (χ3n) is 5.38. The third kappa shape index (κ3) is 6.63. The normalized spacial score (nSPS) is 14.2. The van der Waals surface area contributed by atoms with Crippen molar-refractivity contribution in [3.05, 3.63) is 41.2 Å². The van der Waals surface area contributed by atoms with Crippen LogP contribution in [0.3, 0.4) is 0 Å². The van der Waals surface area contributed by atoms with E-state index in [9.17, 15) is 14.9 Å². The third-order valence-corrected chi connectivity index (χ3v) is 5.38. The molecule has 4 N–H and O–H groups in total. The Morgan fingerprint density at radius 1 is 1.37 bits per heavy atom. The van der Waals surface area contributed by atoms with Crippen LogP contribution in [0.4, 0.5) is 22.1 Å². The van der Waals surface area contributed by atoms with E-state index in [-0.39, 0.29) is 5.82 Å². The van der Waals surface area contributed by atoms with Crippen LogP contribution in [0.15, 0.2) is 24.4 Å². The van der Waals surface area contributed by atoms with Gasteiger partial charge in [0.05, 0.1) is 31.1 Å². The minimum Gasteiger partial charge on any atom is -0.383 e. The highest BCUT2D eigenvalue weighted by atomic mass is 16.7. The van der Waals surface area contributed by atoms with Gasteiger partial charge in [0.25, 0.3) is 0 Å². The number of primary amides is 1. The SMILES string of the molecule is COCCNc1cc(NC(=O)N(C)c2ccc(CC(C)C(N)=O)c(C3OCCO3)n2)ncc1C#N. The van der Waals surface area contributed by atoms with E-state index in [2.05, 4.69) is 26.7 Å². The average molecular weight is 484 g/mol. The van der Waals surface area contributed by atoms with Crippen LogP contribution in [0, 0.1) is 17.2 Å². The highest BCUT2D eigenvalue weighted by Crippen LogP contribution is 2.29. The summed E-state index contributed by atoms with van der Waals surface area (Å²) in [4.78, 5) is 34.5. The van der Waals surface area contributed by atoms with E-state index < -0.39 is 24.1 Å². The summed E-state index contributed by atoms with van der Waals surface area (Å²) in [5, 5.41) is 15.1. The van der Waals surface area contributed by atoms with Gasteiger partial charge in [0.1, 0.15) is 23.4 Å². The smallest absolute Gasteiger partial charge is 0.328 e. The summed E-state index contributed by atoms with van der Waals surface area (Å²) in [7, 11) is 3.14. The molecule has 0 radical (unpaired) electrons. The molecule has 186 valence electrons. The molecule has 0 spiro atoms. The number of amides is 3. The Bertz CT molecular complexity index is 1100. The second-order valence-electron chi connectivity index (χ2n) is 7.93. The van der Waals surface area contributed by atoms with Crippen molar-refractivity contribution in [2.24, 2.45) is 11.7 Å². The number of aromatic nitrogens is 2. The van der Waals surface area contributed by atoms with Crippen LogP contribution in [0.25, 0.3) is 0 Å². The van der Waals surface area contributed by atoms with Gasteiger partial charge in [-0.25, -0.2) is 14.8 Å². The van der Waals surface area contributed by atoms with Crippen LogP contribution in [-0.4, -0.2) is 62.4 Å². The lowest BCUT2D eigenvalue weighted by Gasteiger charge is -2.21. The van der Waals surface area contributed by atoms with Crippen molar-refractivity contribution in [3.63, 3.8) is 0 Å². The first-order valence-corrected chi connectivity index (χ1v) is 11.0. The molecule has 35 heavy (non-hydrogen) atoms.